The molecule has 0 amide bonds. The predicted octanol–water partition coefficient (Wildman–Crippen LogP) is 4.08. The van der Waals surface area contributed by atoms with Gasteiger partial charge in [-0.05, 0) is 22.9 Å². The number of phenols is 1. The van der Waals surface area contributed by atoms with Crippen molar-refractivity contribution in [2.24, 2.45) is 0 Å². The van der Waals surface area contributed by atoms with Crippen LogP contribution in [0, 0.1) is 0 Å². The summed E-state index contributed by atoms with van der Waals surface area (Å²) in [6.45, 7) is 0. The van der Waals surface area contributed by atoms with Gasteiger partial charge in [-0.2, -0.15) is 0 Å². The van der Waals surface area contributed by atoms with E-state index in [1.807, 2.05) is 60.7 Å². The molecule has 4 rings (SSSR count). The number of hydrogen-bond acceptors (Lipinski definition) is 4. The van der Waals surface area contributed by atoms with Crippen LogP contribution in [0.25, 0.3) is 27.7 Å². The van der Waals surface area contributed by atoms with E-state index >= 15 is 0 Å². The maximum atomic E-state index is 10.4. The van der Waals surface area contributed by atoms with E-state index in [4.69, 9.17) is 0 Å². The normalized spacial score (nSPS) is 11.0. The van der Waals surface area contributed by atoms with Crippen LogP contribution in [0.5, 0.6) is 5.75 Å². The summed E-state index contributed by atoms with van der Waals surface area (Å²) in [5.41, 5.74) is 2.27. The fraction of sp³-hybridized carbons (Fsp3) is 0. The average molecular weight is 319 g/mol. The molecule has 0 aliphatic heterocycles. The Labute approximate surface area is 138 Å². The Kier molecular flexibility index (Phi) is 3.28. The largest absolute Gasteiger partial charge is 0.506 e. The Morgan fingerprint density at radius 3 is 2.26 bits per heavy atom. The van der Waals surface area contributed by atoms with Gasteiger partial charge in [0.2, 0.25) is 0 Å². The van der Waals surface area contributed by atoms with E-state index in [1.54, 1.807) is 10.7 Å². The minimum atomic E-state index is 0.152. The molecule has 0 aliphatic rings. The maximum absolute atomic E-state index is 10.4. The van der Waals surface area contributed by atoms with Gasteiger partial charge in [0.25, 0.3) is 0 Å². The van der Waals surface area contributed by atoms with Crippen LogP contribution in [0.4, 0.5) is 0 Å². The van der Waals surface area contributed by atoms with Gasteiger partial charge in [-0.15, -0.1) is 17.7 Å². The highest BCUT2D eigenvalue weighted by atomic mass is 32.1. The molecule has 0 fully saturated rings. The summed E-state index contributed by atoms with van der Waals surface area (Å²) in [6.07, 6.45) is 0. The van der Waals surface area contributed by atoms with Gasteiger partial charge in [0.15, 0.2) is 0 Å². The fourth-order valence-corrected chi connectivity index (χ4v) is 2.94. The van der Waals surface area contributed by atoms with Gasteiger partial charge in [0.1, 0.15) is 22.2 Å². The number of aromatic nitrogens is 3. The Hall–Kier alpha value is -2.79. The van der Waals surface area contributed by atoms with E-state index in [-0.39, 0.29) is 5.75 Å². The number of nitrogens with zero attached hydrogens (tertiary/aromatic N) is 3. The zero-order chi connectivity index (χ0) is 15.8. The van der Waals surface area contributed by atoms with Gasteiger partial charge >= 0.3 is 0 Å². The molecule has 4 nitrogen and oxygen atoms in total. The summed E-state index contributed by atoms with van der Waals surface area (Å²) in [7, 11) is 0. The topological polar surface area (TPSA) is 50.9 Å². The number of aromatic hydroxyl groups is 1. The highest BCUT2D eigenvalue weighted by molar-refractivity contribution is 7.80. The molecule has 1 aromatic heterocycles. The first kappa shape index (κ1) is 13.8. The molecular formula is C18H13N3OS. The van der Waals surface area contributed by atoms with Crippen molar-refractivity contribution in [3.8, 4) is 22.7 Å². The van der Waals surface area contributed by atoms with Gasteiger partial charge in [-0.1, -0.05) is 59.8 Å². The molecule has 3 aromatic carbocycles. The molecule has 0 aliphatic carbocycles. The Bertz CT molecular complexity index is 996. The second kappa shape index (κ2) is 5.44. The van der Waals surface area contributed by atoms with Crippen LogP contribution in [0.1, 0.15) is 0 Å². The van der Waals surface area contributed by atoms with Crippen molar-refractivity contribution in [1.29, 1.82) is 0 Å². The molecule has 0 saturated heterocycles. The minimum Gasteiger partial charge on any atom is -0.506 e. The molecule has 5 heteroatoms. The molecule has 0 bridgehead atoms. The van der Waals surface area contributed by atoms with Crippen LogP contribution in [0.2, 0.25) is 0 Å². The number of rotatable bonds is 2. The number of benzene rings is 3. The Morgan fingerprint density at radius 2 is 1.52 bits per heavy atom. The number of fused-ring (bicyclic) bond motifs is 1. The van der Waals surface area contributed by atoms with Crippen molar-refractivity contribution in [2.75, 3.05) is 0 Å². The molecular weight excluding hydrogens is 306 g/mol. The standard InChI is InChI=1S/C18H13N3OS/c22-16-11-14-9-5-4-8-13(14)10-15(16)21-17(18(23)19-20-21)12-6-2-1-3-7-12/h1-11,22-23H. The van der Waals surface area contributed by atoms with Gasteiger partial charge in [0, 0.05) is 5.56 Å². The van der Waals surface area contributed by atoms with Crippen LogP contribution in [-0.2, 0) is 0 Å². The van der Waals surface area contributed by atoms with Crippen LogP contribution >= 0.6 is 12.6 Å². The highest BCUT2D eigenvalue weighted by Gasteiger charge is 2.16. The van der Waals surface area contributed by atoms with Crippen molar-refractivity contribution in [3.05, 3.63) is 66.7 Å². The van der Waals surface area contributed by atoms with Gasteiger partial charge in [-0.3, -0.25) is 0 Å². The van der Waals surface area contributed by atoms with E-state index in [1.165, 1.54) is 0 Å². The van der Waals surface area contributed by atoms with Crippen LogP contribution in [-0.4, -0.2) is 20.1 Å². The lowest BCUT2D eigenvalue weighted by Crippen LogP contribution is -2.00. The third-order valence-corrected chi connectivity index (χ3v) is 4.07. The van der Waals surface area contributed by atoms with E-state index in [0.29, 0.717) is 10.7 Å². The number of phenolic OH excluding ortho intramolecular Hbond substituents is 1. The van der Waals surface area contributed by atoms with Crippen LogP contribution in [0.15, 0.2) is 71.8 Å². The van der Waals surface area contributed by atoms with Gasteiger partial charge < -0.3 is 5.11 Å². The Balaban J connectivity index is 1.97. The zero-order valence-corrected chi connectivity index (χ0v) is 13.0. The lowest BCUT2D eigenvalue weighted by molar-refractivity contribution is 0.471. The zero-order valence-electron chi connectivity index (χ0n) is 12.1. The summed E-state index contributed by atoms with van der Waals surface area (Å²) in [5.74, 6) is 0.152. The van der Waals surface area contributed by atoms with Crippen molar-refractivity contribution >= 4 is 23.4 Å². The fourth-order valence-electron chi connectivity index (χ4n) is 2.68. The summed E-state index contributed by atoms with van der Waals surface area (Å²) < 4.78 is 1.62. The average Bonchev–Trinajstić information content (AvgIpc) is 2.96. The SMILES string of the molecule is Oc1cc2ccccc2cc1-n1nnc(S)c1-c1ccccc1. The molecule has 0 saturated carbocycles. The second-order valence-corrected chi connectivity index (χ2v) is 5.65. The molecule has 0 unspecified atom stereocenters. The molecule has 0 spiro atoms. The molecule has 4 aromatic rings. The predicted molar refractivity (Wildman–Crippen MR) is 93.2 cm³/mol. The third-order valence-electron chi connectivity index (χ3n) is 3.77. The monoisotopic (exact) mass is 319 g/mol. The molecule has 23 heavy (non-hydrogen) atoms. The van der Waals surface area contributed by atoms with Crippen LogP contribution in [0.3, 0.4) is 0 Å². The van der Waals surface area contributed by atoms with Crippen molar-refractivity contribution in [2.45, 2.75) is 5.03 Å². The van der Waals surface area contributed by atoms with Crippen molar-refractivity contribution in [1.82, 2.24) is 15.0 Å². The first-order valence-electron chi connectivity index (χ1n) is 7.16. The lowest BCUT2D eigenvalue weighted by atomic mass is 10.1. The quantitative estimate of drug-likeness (QED) is 0.547. The van der Waals surface area contributed by atoms with Crippen LogP contribution < -0.4 is 0 Å². The molecule has 0 radical (unpaired) electrons. The molecule has 112 valence electrons. The summed E-state index contributed by atoms with van der Waals surface area (Å²) >= 11 is 4.41. The highest BCUT2D eigenvalue weighted by Crippen LogP contribution is 2.33. The first-order chi connectivity index (χ1) is 11.2. The first-order valence-corrected chi connectivity index (χ1v) is 7.61. The second-order valence-electron chi connectivity index (χ2n) is 5.23. The summed E-state index contributed by atoms with van der Waals surface area (Å²) in [4.78, 5) is 0. The maximum Gasteiger partial charge on any atom is 0.144 e. The third kappa shape index (κ3) is 2.35. The smallest absolute Gasteiger partial charge is 0.144 e. The van der Waals surface area contributed by atoms with Crippen molar-refractivity contribution in [3.63, 3.8) is 0 Å². The Morgan fingerprint density at radius 1 is 0.870 bits per heavy atom. The van der Waals surface area contributed by atoms with E-state index in [2.05, 4.69) is 22.9 Å². The lowest BCUT2D eigenvalue weighted by Gasteiger charge is -2.10. The van der Waals surface area contributed by atoms with E-state index in [0.717, 1.165) is 22.0 Å². The number of thiol groups is 1. The summed E-state index contributed by atoms with van der Waals surface area (Å²) in [6, 6.07) is 21.3. The van der Waals surface area contributed by atoms with E-state index < -0.39 is 0 Å². The van der Waals surface area contributed by atoms with Crippen molar-refractivity contribution < 1.29 is 5.11 Å². The minimum absolute atomic E-state index is 0.152. The molecule has 1 N–H and O–H groups in total. The van der Waals surface area contributed by atoms with Gasteiger partial charge in [-0.25, -0.2) is 4.68 Å². The summed E-state index contributed by atoms with van der Waals surface area (Å²) in [5, 5.41) is 21.2. The number of hydrogen-bond donors (Lipinski definition) is 2. The van der Waals surface area contributed by atoms with E-state index in [9.17, 15) is 5.11 Å². The molecule has 1 heterocycles. The van der Waals surface area contributed by atoms with Gasteiger partial charge in [0.05, 0.1) is 0 Å². The molecule has 0 atom stereocenters.